The van der Waals surface area contributed by atoms with E-state index in [1.54, 1.807) is 61.5 Å². The highest BCUT2D eigenvalue weighted by molar-refractivity contribution is 7.93. The van der Waals surface area contributed by atoms with E-state index in [2.05, 4.69) is 29.7 Å². The maximum absolute atomic E-state index is 14.8. The monoisotopic (exact) mass is 680 g/mol. The number of hydrogen-bond acceptors (Lipinski definition) is 10. The van der Waals surface area contributed by atoms with Crippen LogP contribution < -0.4 is 0 Å². The quantitative estimate of drug-likeness (QED) is 0.231. The van der Waals surface area contributed by atoms with Crippen molar-refractivity contribution in [1.82, 2.24) is 29.7 Å². The van der Waals surface area contributed by atoms with Gasteiger partial charge < -0.3 is 29.3 Å². The van der Waals surface area contributed by atoms with E-state index >= 15 is 0 Å². The number of nitrogens with one attached hydrogen (secondary N) is 2. The van der Waals surface area contributed by atoms with Gasteiger partial charge in [-0.15, -0.1) is 0 Å². The SMILES string of the molecule is CCOC1(CN2CCC(OCc3cnc[nH]3)CC2)C=CC=C(CN2CCC(OCc3cnc[nH]3)CC2)C1(O)S(=O)(=O)c1ccc(C)cc1. The van der Waals surface area contributed by atoms with E-state index in [9.17, 15) is 13.5 Å². The molecule has 0 amide bonds. The van der Waals surface area contributed by atoms with Gasteiger partial charge >= 0.3 is 0 Å². The zero-order valence-electron chi connectivity index (χ0n) is 27.9. The molecule has 0 bridgehead atoms. The van der Waals surface area contributed by atoms with Crippen LogP contribution in [0.15, 0.2) is 78.0 Å². The van der Waals surface area contributed by atoms with Gasteiger partial charge in [-0.3, -0.25) is 9.80 Å². The topological polar surface area (TPSA) is 146 Å². The fraction of sp³-hybridized carbons (Fsp3) is 0.543. The summed E-state index contributed by atoms with van der Waals surface area (Å²) in [6, 6.07) is 6.70. The van der Waals surface area contributed by atoms with Crippen molar-refractivity contribution in [2.75, 3.05) is 45.9 Å². The number of ether oxygens (including phenoxy) is 3. The lowest BCUT2D eigenvalue weighted by Gasteiger charge is -2.50. The number of aromatic amines is 2. The van der Waals surface area contributed by atoms with Crippen LogP contribution in [0.4, 0.5) is 0 Å². The third kappa shape index (κ3) is 7.37. The summed E-state index contributed by atoms with van der Waals surface area (Å²) < 4.78 is 48.3. The molecule has 12 nitrogen and oxygen atoms in total. The van der Waals surface area contributed by atoms with E-state index in [-0.39, 0.29) is 36.8 Å². The first-order valence-corrected chi connectivity index (χ1v) is 18.4. The number of imidazole rings is 2. The molecular weight excluding hydrogens is 632 g/mol. The number of sulfone groups is 1. The molecule has 2 aromatic heterocycles. The predicted molar refractivity (Wildman–Crippen MR) is 181 cm³/mol. The third-order valence-electron chi connectivity index (χ3n) is 9.77. The number of rotatable bonds is 14. The van der Waals surface area contributed by atoms with Crippen LogP contribution in [0, 0.1) is 6.92 Å². The summed E-state index contributed by atoms with van der Waals surface area (Å²) >= 11 is 0. The number of nitrogens with zero attached hydrogens (tertiary/aromatic N) is 4. The molecule has 3 aliphatic rings. The van der Waals surface area contributed by atoms with Gasteiger partial charge in [0.05, 0.1) is 66.8 Å². The second-order valence-electron chi connectivity index (χ2n) is 13.1. The number of likely N-dealkylation sites (tertiary alicyclic amines) is 2. The van der Waals surface area contributed by atoms with Gasteiger partial charge in [-0.2, -0.15) is 0 Å². The lowest BCUT2D eigenvalue weighted by Crippen LogP contribution is -2.67. The van der Waals surface area contributed by atoms with Crippen molar-refractivity contribution < 1.29 is 27.7 Å². The minimum absolute atomic E-state index is 0.0673. The van der Waals surface area contributed by atoms with Crippen LogP contribution >= 0.6 is 0 Å². The van der Waals surface area contributed by atoms with Crippen LogP contribution in [0.1, 0.15) is 49.6 Å². The summed E-state index contributed by atoms with van der Waals surface area (Å²) in [5, 5.41) is 13.0. The summed E-state index contributed by atoms with van der Waals surface area (Å²) in [5.74, 6) is 0. The minimum atomic E-state index is -4.36. The Balaban J connectivity index is 1.21. The molecule has 13 heteroatoms. The first kappa shape index (κ1) is 34.7. The number of hydrogen-bond donors (Lipinski definition) is 3. The van der Waals surface area contributed by atoms with Gasteiger partial charge in [-0.25, -0.2) is 18.4 Å². The molecular formula is C35H48N6O6S. The molecule has 260 valence electrons. The molecule has 0 saturated carbocycles. The van der Waals surface area contributed by atoms with Crippen molar-refractivity contribution in [2.24, 2.45) is 0 Å². The maximum Gasteiger partial charge on any atom is 0.228 e. The minimum Gasteiger partial charge on any atom is -0.372 e. The van der Waals surface area contributed by atoms with Crippen molar-refractivity contribution in [2.45, 2.75) is 80.4 Å². The van der Waals surface area contributed by atoms with Gasteiger partial charge in [-0.05, 0) is 63.3 Å². The molecule has 2 unspecified atom stereocenters. The van der Waals surface area contributed by atoms with E-state index in [0.29, 0.717) is 45.0 Å². The molecule has 48 heavy (non-hydrogen) atoms. The Kier molecular flexibility index (Phi) is 11.0. The first-order valence-electron chi connectivity index (χ1n) is 16.9. The van der Waals surface area contributed by atoms with E-state index in [0.717, 1.165) is 42.6 Å². The molecule has 0 spiro atoms. The van der Waals surface area contributed by atoms with Crippen LogP contribution in [-0.4, -0.2) is 112 Å². The van der Waals surface area contributed by atoms with Gasteiger partial charge in [0.2, 0.25) is 14.8 Å². The normalized spacial score (nSPS) is 25.0. The Hall–Kier alpha value is -3.17. The van der Waals surface area contributed by atoms with Crippen LogP contribution in [-0.2, 0) is 37.3 Å². The Morgan fingerprint density at radius 3 is 1.98 bits per heavy atom. The van der Waals surface area contributed by atoms with Crippen molar-refractivity contribution >= 4 is 9.84 Å². The first-order chi connectivity index (χ1) is 23.2. The fourth-order valence-electron chi connectivity index (χ4n) is 7.06. The van der Waals surface area contributed by atoms with Crippen LogP contribution in [0.5, 0.6) is 0 Å². The van der Waals surface area contributed by atoms with Crippen molar-refractivity contribution in [1.29, 1.82) is 0 Å². The van der Waals surface area contributed by atoms with Gasteiger partial charge in [-0.1, -0.05) is 29.8 Å². The second kappa shape index (κ2) is 15.2. The highest BCUT2D eigenvalue weighted by Crippen LogP contribution is 2.46. The zero-order valence-corrected chi connectivity index (χ0v) is 28.7. The zero-order chi connectivity index (χ0) is 33.6. The van der Waals surface area contributed by atoms with E-state index in [1.807, 2.05) is 19.9 Å². The molecule has 3 aromatic rings. The average molecular weight is 681 g/mol. The fourth-order valence-corrected chi connectivity index (χ4v) is 9.02. The van der Waals surface area contributed by atoms with E-state index in [1.165, 1.54) is 0 Å². The summed E-state index contributed by atoms with van der Waals surface area (Å²) in [7, 11) is -4.36. The Labute approximate surface area is 283 Å². The summed E-state index contributed by atoms with van der Waals surface area (Å²) in [4.78, 5) is 16.4. The van der Waals surface area contributed by atoms with Gasteiger partial charge in [0.1, 0.15) is 5.60 Å². The average Bonchev–Trinajstić information content (AvgIpc) is 3.82. The number of aliphatic hydroxyl groups is 1. The van der Waals surface area contributed by atoms with Crippen LogP contribution in [0.2, 0.25) is 0 Å². The predicted octanol–water partition coefficient (Wildman–Crippen LogP) is 3.54. The van der Waals surface area contributed by atoms with Crippen molar-refractivity contribution in [3.8, 4) is 0 Å². The van der Waals surface area contributed by atoms with Crippen LogP contribution in [0.3, 0.4) is 0 Å². The number of allylic oxidation sites excluding steroid dienone is 2. The highest BCUT2D eigenvalue weighted by Gasteiger charge is 2.63. The Morgan fingerprint density at radius 2 is 1.46 bits per heavy atom. The van der Waals surface area contributed by atoms with Gasteiger partial charge in [0, 0.05) is 45.9 Å². The highest BCUT2D eigenvalue weighted by atomic mass is 32.2. The maximum atomic E-state index is 14.8. The van der Waals surface area contributed by atoms with E-state index < -0.39 is 20.4 Å². The number of benzene rings is 1. The lowest BCUT2D eigenvalue weighted by atomic mass is 9.83. The Morgan fingerprint density at radius 1 is 0.896 bits per heavy atom. The molecule has 2 fully saturated rings. The molecule has 1 aliphatic carbocycles. The van der Waals surface area contributed by atoms with Crippen molar-refractivity contribution in [3.63, 3.8) is 0 Å². The molecule has 6 rings (SSSR count). The summed E-state index contributed by atoms with van der Waals surface area (Å²) in [5.41, 5.74) is 1.67. The molecule has 2 saturated heterocycles. The molecule has 0 radical (unpaired) electrons. The summed E-state index contributed by atoms with van der Waals surface area (Å²) in [6.07, 6.45) is 15.5. The third-order valence-corrected chi connectivity index (χ3v) is 12.1. The van der Waals surface area contributed by atoms with Crippen molar-refractivity contribution in [3.05, 3.63) is 90.1 Å². The van der Waals surface area contributed by atoms with Gasteiger partial charge in [0.25, 0.3) is 0 Å². The van der Waals surface area contributed by atoms with E-state index in [4.69, 9.17) is 14.2 Å². The lowest BCUT2D eigenvalue weighted by molar-refractivity contribution is -0.118. The smallest absolute Gasteiger partial charge is 0.228 e. The molecule has 3 N–H and O–H groups in total. The molecule has 2 atom stereocenters. The number of aryl methyl sites for hydroxylation is 1. The number of piperidine rings is 2. The molecule has 4 heterocycles. The standard InChI is InChI=1S/C35H48N6O6S/c1-3-47-34(24-41-17-12-32(13-18-41)46-23-30-20-37-26-39-30)14-4-5-28(35(34,42)48(43,44)33-8-6-27(2)7-9-33)21-40-15-10-31(11-16-40)45-22-29-19-36-25-38-29/h4-9,14,19-20,25-26,31-32,42H,3,10-13,15-18,21-24H2,1-2H3,(H,36,38)(H,37,39). The molecule has 2 aliphatic heterocycles. The van der Waals surface area contributed by atoms with Crippen LogP contribution in [0.25, 0.3) is 0 Å². The van der Waals surface area contributed by atoms with Gasteiger partial charge in [0.15, 0.2) is 0 Å². The Bertz CT molecular complexity index is 1610. The second-order valence-corrected chi connectivity index (χ2v) is 15.1. The number of H-pyrrole nitrogens is 2. The number of aromatic nitrogens is 4. The summed E-state index contributed by atoms with van der Waals surface area (Å²) in [6.45, 7) is 8.21. The largest absolute Gasteiger partial charge is 0.372 e. The molecule has 1 aromatic carbocycles.